The van der Waals surface area contributed by atoms with Crippen molar-refractivity contribution in [3.63, 3.8) is 0 Å². The molecule has 0 aromatic carbocycles. The number of nitrogens with one attached hydrogen (secondary N) is 1. The van der Waals surface area contributed by atoms with E-state index >= 15 is 0 Å². The fourth-order valence-electron chi connectivity index (χ4n) is 2.14. The van der Waals surface area contributed by atoms with Crippen LogP contribution < -0.4 is 11.1 Å². The summed E-state index contributed by atoms with van der Waals surface area (Å²) in [7, 11) is 0. The van der Waals surface area contributed by atoms with E-state index in [9.17, 15) is 0 Å². The van der Waals surface area contributed by atoms with Gasteiger partial charge < -0.3 is 11.1 Å². The third-order valence-electron chi connectivity index (χ3n) is 3.21. The molecule has 94 valence electrons. The molecular weight excluding hydrogens is 346 g/mol. The summed E-state index contributed by atoms with van der Waals surface area (Å²) in [6.07, 6.45) is 6.45. The molecular formula is C12H17Br2N3. The number of hydrogen-bond acceptors (Lipinski definition) is 3. The lowest BCUT2D eigenvalue weighted by Gasteiger charge is -2.26. The molecule has 5 heteroatoms. The number of pyridine rings is 1. The number of rotatable bonds is 3. The van der Waals surface area contributed by atoms with Crippen LogP contribution in [0.25, 0.3) is 0 Å². The van der Waals surface area contributed by atoms with Crippen molar-refractivity contribution in [2.75, 3.05) is 0 Å². The van der Waals surface area contributed by atoms with E-state index in [-0.39, 0.29) is 0 Å². The van der Waals surface area contributed by atoms with Crippen molar-refractivity contribution in [3.05, 3.63) is 26.9 Å². The van der Waals surface area contributed by atoms with Crippen molar-refractivity contribution in [1.82, 2.24) is 10.3 Å². The van der Waals surface area contributed by atoms with Crippen molar-refractivity contribution in [3.8, 4) is 0 Å². The molecule has 0 unspecified atom stereocenters. The largest absolute Gasteiger partial charge is 0.328 e. The molecule has 3 N–H and O–H groups in total. The van der Waals surface area contributed by atoms with Gasteiger partial charge in [0.05, 0.1) is 5.69 Å². The maximum absolute atomic E-state index is 5.89. The van der Waals surface area contributed by atoms with Gasteiger partial charge in [0.2, 0.25) is 0 Å². The van der Waals surface area contributed by atoms with Gasteiger partial charge in [-0.1, -0.05) is 0 Å². The van der Waals surface area contributed by atoms with Crippen LogP contribution in [0.2, 0.25) is 0 Å². The third kappa shape index (κ3) is 4.02. The van der Waals surface area contributed by atoms with Crippen LogP contribution in [-0.4, -0.2) is 17.1 Å². The van der Waals surface area contributed by atoms with Crippen LogP contribution in [0, 0.1) is 0 Å². The molecule has 0 atom stereocenters. The SMILES string of the molecule is NC1CCC(NCc2ncc(Br)cc2Br)CC1. The van der Waals surface area contributed by atoms with E-state index in [4.69, 9.17) is 5.73 Å². The quantitative estimate of drug-likeness (QED) is 0.869. The summed E-state index contributed by atoms with van der Waals surface area (Å²) >= 11 is 6.93. The molecule has 0 radical (unpaired) electrons. The van der Waals surface area contributed by atoms with Crippen LogP contribution in [0.1, 0.15) is 31.4 Å². The molecule has 17 heavy (non-hydrogen) atoms. The molecule has 1 aromatic heterocycles. The van der Waals surface area contributed by atoms with E-state index in [1.165, 1.54) is 12.8 Å². The van der Waals surface area contributed by atoms with Crippen LogP contribution in [0.3, 0.4) is 0 Å². The summed E-state index contributed by atoms with van der Waals surface area (Å²) in [5.74, 6) is 0. The average molecular weight is 363 g/mol. The van der Waals surface area contributed by atoms with Gasteiger partial charge in [-0.3, -0.25) is 4.98 Å². The van der Waals surface area contributed by atoms with Crippen LogP contribution >= 0.6 is 31.9 Å². The minimum Gasteiger partial charge on any atom is -0.328 e. The third-order valence-corrected chi connectivity index (χ3v) is 4.33. The molecule has 1 fully saturated rings. The zero-order valence-electron chi connectivity index (χ0n) is 9.63. The highest BCUT2D eigenvalue weighted by molar-refractivity contribution is 9.11. The number of halogens is 2. The summed E-state index contributed by atoms with van der Waals surface area (Å²) < 4.78 is 2.05. The highest BCUT2D eigenvalue weighted by atomic mass is 79.9. The zero-order chi connectivity index (χ0) is 12.3. The standard InChI is InChI=1S/C12H17Br2N3/c13-8-5-11(14)12(17-6-8)7-16-10-3-1-9(15)2-4-10/h5-6,9-10,16H,1-4,7,15H2. The first-order valence-corrected chi connectivity index (χ1v) is 7.52. The molecule has 1 aliphatic carbocycles. The monoisotopic (exact) mass is 361 g/mol. The van der Waals surface area contributed by atoms with E-state index in [2.05, 4.69) is 42.2 Å². The normalized spacial score (nSPS) is 24.9. The van der Waals surface area contributed by atoms with E-state index in [1.54, 1.807) is 0 Å². The predicted octanol–water partition coefficient (Wildman–Crippen LogP) is 2.97. The van der Waals surface area contributed by atoms with Crippen LogP contribution in [0.15, 0.2) is 21.2 Å². The van der Waals surface area contributed by atoms with E-state index in [0.29, 0.717) is 12.1 Å². The average Bonchev–Trinajstić information content (AvgIpc) is 2.30. The Bertz CT molecular complexity index is 376. The summed E-state index contributed by atoms with van der Waals surface area (Å²) in [6.45, 7) is 0.813. The van der Waals surface area contributed by atoms with Crippen molar-refractivity contribution in [2.24, 2.45) is 5.73 Å². The molecule has 1 aliphatic rings. The Hall–Kier alpha value is 0.0300. The smallest absolute Gasteiger partial charge is 0.0684 e. The highest BCUT2D eigenvalue weighted by Gasteiger charge is 2.18. The Labute approximate surface area is 119 Å². The fourth-order valence-corrected chi connectivity index (χ4v) is 3.26. The molecule has 0 saturated heterocycles. The Morgan fingerprint density at radius 1 is 1.29 bits per heavy atom. The van der Waals surface area contributed by atoms with Gasteiger partial charge in [-0.25, -0.2) is 0 Å². The van der Waals surface area contributed by atoms with Crippen LogP contribution in [0.5, 0.6) is 0 Å². The Balaban J connectivity index is 1.85. The second-order valence-corrected chi connectivity index (χ2v) is 6.34. The molecule has 1 heterocycles. The minimum absolute atomic E-state index is 0.408. The topological polar surface area (TPSA) is 50.9 Å². The van der Waals surface area contributed by atoms with Crippen molar-refractivity contribution < 1.29 is 0 Å². The zero-order valence-corrected chi connectivity index (χ0v) is 12.8. The number of nitrogens with two attached hydrogens (primary N) is 1. The summed E-state index contributed by atoms with van der Waals surface area (Å²) in [5.41, 5.74) is 6.95. The lowest BCUT2D eigenvalue weighted by molar-refractivity contribution is 0.340. The van der Waals surface area contributed by atoms with Gasteiger partial charge in [0.15, 0.2) is 0 Å². The van der Waals surface area contributed by atoms with Crippen molar-refractivity contribution in [2.45, 2.75) is 44.3 Å². The first-order chi connectivity index (χ1) is 8.15. The molecule has 2 rings (SSSR count). The second kappa shape index (κ2) is 6.27. The first-order valence-electron chi connectivity index (χ1n) is 5.94. The molecule has 0 aliphatic heterocycles. The second-order valence-electron chi connectivity index (χ2n) is 4.57. The number of hydrogen-bond donors (Lipinski definition) is 2. The summed E-state index contributed by atoms with van der Waals surface area (Å²) in [6, 6.07) is 3.03. The Morgan fingerprint density at radius 2 is 2.00 bits per heavy atom. The van der Waals surface area contributed by atoms with E-state index in [1.807, 2.05) is 12.3 Å². The summed E-state index contributed by atoms with van der Waals surface area (Å²) in [5, 5.41) is 3.56. The predicted molar refractivity (Wildman–Crippen MR) is 76.7 cm³/mol. The molecule has 1 aromatic rings. The van der Waals surface area contributed by atoms with E-state index in [0.717, 1.165) is 34.0 Å². The summed E-state index contributed by atoms with van der Waals surface area (Å²) in [4.78, 5) is 4.40. The van der Waals surface area contributed by atoms with Gasteiger partial charge in [-0.05, 0) is 63.6 Å². The highest BCUT2D eigenvalue weighted by Crippen LogP contribution is 2.21. The molecule has 0 bridgehead atoms. The van der Waals surface area contributed by atoms with Gasteiger partial charge in [0.1, 0.15) is 0 Å². The Kier molecular flexibility index (Phi) is 4.97. The minimum atomic E-state index is 0.408. The van der Waals surface area contributed by atoms with Gasteiger partial charge in [0, 0.05) is 33.8 Å². The molecule has 3 nitrogen and oxygen atoms in total. The number of aromatic nitrogens is 1. The van der Waals surface area contributed by atoms with Gasteiger partial charge in [-0.2, -0.15) is 0 Å². The molecule has 0 amide bonds. The maximum atomic E-state index is 5.89. The van der Waals surface area contributed by atoms with Gasteiger partial charge >= 0.3 is 0 Å². The fraction of sp³-hybridized carbons (Fsp3) is 0.583. The Morgan fingerprint density at radius 3 is 2.65 bits per heavy atom. The molecule has 1 saturated carbocycles. The lowest BCUT2D eigenvalue weighted by atomic mass is 9.92. The molecule has 0 spiro atoms. The lowest BCUT2D eigenvalue weighted by Crippen LogP contribution is -2.37. The van der Waals surface area contributed by atoms with E-state index < -0.39 is 0 Å². The first kappa shape index (κ1) is 13.5. The van der Waals surface area contributed by atoms with Crippen LogP contribution in [-0.2, 0) is 6.54 Å². The van der Waals surface area contributed by atoms with Gasteiger partial charge in [0.25, 0.3) is 0 Å². The van der Waals surface area contributed by atoms with Crippen LogP contribution in [0.4, 0.5) is 0 Å². The van der Waals surface area contributed by atoms with Crippen molar-refractivity contribution >= 4 is 31.9 Å². The number of nitrogens with zero attached hydrogens (tertiary/aromatic N) is 1. The maximum Gasteiger partial charge on any atom is 0.0684 e. The van der Waals surface area contributed by atoms with Crippen molar-refractivity contribution in [1.29, 1.82) is 0 Å². The van der Waals surface area contributed by atoms with Gasteiger partial charge in [-0.15, -0.1) is 0 Å².